The minimum absolute atomic E-state index is 0.116. The first kappa shape index (κ1) is 27.0. The van der Waals surface area contributed by atoms with Gasteiger partial charge in [0.1, 0.15) is 6.04 Å². The van der Waals surface area contributed by atoms with Gasteiger partial charge >= 0.3 is 12.2 Å². The van der Waals surface area contributed by atoms with Gasteiger partial charge in [-0.3, -0.25) is 9.59 Å². The first-order valence-electron chi connectivity index (χ1n) is 11.9. The zero-order valence-electron chi connectivity index (χ0n) is 20.5. The molecule has 2 N–H and O–H groups in total. The van der Waals surface area contributed by atoms with Crippen LogP contribution < -0.4 is 10.6 Å². The highest BCUT2D eigenvalue weighted by Crippen LogP contribution is 2.34. The quantitative estimate of drug-likeness (QED) is 0.603. The van der Waals surface area contributed by atoms with E-state index in [1.165, 1.54) is 12.1 Å². The van der Waals surface area contributed by atoms with Crippen molar-refractivity contribution in [3.63, 3.8) is 0 Å². The predicted octanol–water partition coefficient (Wildman–Crippen LogP) is 4.61. The smallest absolute Gasteiger partial charge is 0.337 e. The molecule has 3 atom stereocenters. The number of alkyl halides is 3. The van der Waals surface area contributed by atoms with Gasteiger partial charge in [-0.05, 0) is 37.1 Å². The molecule has 3 unspecified atom stereocenters. The summed E-state index contributed by atoms with van der Waals surface area (Å²) in [7, 11) is 0. The SMILES string of the molecule is CCC(C)C(NC(=O)Nc1ccccc1C(F)(F)F)C(=O)N1CCN(C(=O)c2ccccc2)C(C)C1. The van der Waals surface area contributed by atoms with Crippen molar-refractivity contribution in [3.05, 3.63) is 65.7 Å². The molecule has 1 saturated heterocycles. The minimum Gasteiger partial charge on any atom is -0.337 e. The van der Waals surface area contributed by atoms with E-state index in [4.69, 9.17) is 0 Å². The Labute approximate surface area is 208 Å². The molecule has 1 fully saturated rings. The lowest BCUT2D eigenvalue weighted by atomic mass is 9.97. The van der Waals surface area contributed by atoms with E-state index >= 15 is 0 Å². The van der Waals surface area contributed by atoms with Crippen molar-refractivity contribution in [2.24, 2.45) is 5.92 Å². The second-order valence-electron chi connectivity index (χ2n) is 9.00. The fourth-order valence-corrected chi connectivity index (χ4v) is 4.22. The summed E-state index contributed by atoms with van der Waals surface area (Å²) in [5.74, 6) is -0.711. The Morgan fingerprint density at radius 1 is 1.03 bits per heavy atom. The number of carbonyl (C=O) groups excluding carboxylic acids is 3. The van der Waals surface area contributed by atoms with Crippen LogP contribution in [0.2, 0.25) is 0 Å². The second-order valence-corrected chi connectivity index (χ2v) is 9.00. The predicted molar refractivity (Wildman–Crippen MR) is 130 cm³/mol. The number of carbonyl (C=O) groups is 3. The number of amides is 4. The number of nitrogens with zero attached hydrogens (tertiary/aromatic N) is 2. The first-order valence-corrected chi connectivity index (χ1v) is 11.9. The molecule has 7 nitrogen and oxygen atoms in total. The van der Waals surface area contributed by atoms with Crippen LogP contribution in [-0.4, -0.2) is 59.4 Å². The van der Waals surface area contributed by atoms with E-state index in [0.29, 0.717) is 18.5 Å². The molecule has 36 heavy (non-hydrogen) atoms. The summed E-state index contributed by atoms with van der Waals surface area (Å²) in [6.07, 6.45) is -4.07. The molecule has 0 aliphatic carbocycles. The second kappa shape index (κ2) is 11.5. The fourth-order valence-electron chi connectivity index (χ4n) is 4.22. The monoisotopic (exact) mass is 504 g/mol. The molecule has 10 heteroatoms. The van der Waals surface area contributed by atoms with Gasteiger partial charge in [0.25, 0.3) is 5.91 Å². The number of benzene rings is 2. The van der Waals surface area contributed by atoms with Gasteiger partial charge in [0.15, 0.2) is 0 Å². The topological polar surface area (TPSA) is 81.8 Å². The Morgan fingerprint density at radius 3 is 2.28 bits per heavy atom. The molecule has 3 rings (SSSR count). The van der Waals surface area contributed by atoms with Crippen molar-refractivity contribution in [1.82, 2.24) is 15.1 Å². The number of piperazine rings is 1. The molecular formula is C26H31F3N4O3. The molecule has 0 aromatic heterocycles. The molecular weight excluding hydrogens is 473 g/mol. The van der Waals surface area contributed by atoms with Crippen molar-refractivity contribution >= 4 is 23.5 Å². The van der Waals surface area contributed by atoms with Crippen LogP contribution in [0.5, 0.6) is 0 Å². The molecule has 1 aliphatic rings. The summed E-state index contributed by atoms with van der Waals surface area (Å²) in [6.45, 7) is 6.42. The highest BCUT2D eigenvalue weighted by atomic mass is 19.4. The van der Waals surface area contributed by atoms with Crippen molar-refractivity contribution in [2.45, 2.75) is 45.5 Å². The van der Waals surface area contributed by atoms with E-state index in [9.17, 15) is 27.6 Å². The summed E-state index contributed by atoms with van der Waals surface area (Å²) in [4.78, 5) is 42.2. The van der Waals surface area contributed by atoms with Crippen molar-refractivity contribution < 1.29 is 27.6 Å². The van der Waals surface area contributed by atoms with E-state index in [1.54, 1.807) is 41.0 Å². The standard InChI is InChI=1S/C26H31F3N4O3/c1-4-17(2)22(31-25(36)30-21-13-9-8-12-20(21)26(27,28)29)24(35)32-14-15-33(18(3)16-32)23(34)19-10-6-5-7-11-19/h5-13,17-18,22H,4,14-16H2,1-3H3,(H2,30,31,36). The Hall–Kier alpha value is -3.56. The van der Waals surface area contributed by atoms with Gasteiger partial charge in [-0.25, -0.2) is 4.79 Å². The Balaban J connectivity index is 1.68. The molecule has 2 aromatic carbocycles. The van der Waals surface area contributed by atoms with Crippen LogP contribution in [0.1, 0.15) is 43.1 Å². The van der Waals surface area contributed by atoms with E-state index in [0.717, 1.165) is 12.1 Å². The summed E-state index contributed by atoms with van der Waals surface area (Å²) < 4.78 is 39.9. The maximum absolute atomic E-state index is 13.4. The van der Waals surface area contributed by atoms with Gasteiger partial charge in [0.2, 0.25) is 5.91 Å². The van der Waals surface area contributed by atoms with Crippen LogP contribution >= 0.6 is 0 Å². The number of hydrogen-bond donors (Lipinski definition) is 2. The molecule has 1 aliphatic heterocycles. The third-order valence-electron chi connectivity index (χ3n) is 6.47. The van der Waals surface area contributed by atoms with Crippen molar-refractivity contribution in [3.8, 4) is 0 Å². The van der Waals surface area contributed by atoms with E-state index in [-0.39, 0.29) is 42.6 Å². The van der Waals surface area contributed by atoms with Gasteiger partial charge < -0.3 is 20.4 Å². The van der Waals surface area contributed by atoms with E-state index < -0.39 is 23.8 Å². The molecule has 194 valence electrons. The fraction of sp³-hybridized carbons (Fsp3) is 0.423. The number of anilines is 1. The number of halogens is 3. The molecule has 0 spiro atoms. The van der Waals surface area contributed by atoms with Gasteiger partial charge in [0.05, 0.1) is 11.3 Å². The zero-order valence-corrected chi connectivity index (χ0v) is 20.5. The third-order valence-corrected chi connectivity index (χ3v) is 6.47. The van der Waals surface area contributed by atoms with E-state index in [1.807, 2.05) is 19.9 Å². The Morgan fingerprint density at radius 2 is 1.67 bits per heavy atom. The van der Waals surface area contributed by atoms with Crippen molar-refractivity contribution in [2.75, 3.05) is 25.0 Å². The normalized spacial score (nSPS) is 17.8. The lowest BCUT2D eigenvalue weighted by Crippen LogP contribution is -2.60. The molecule has 1 heterocycles. The molecule has 0 radical (unpaired) electrons. The zero-order chi connectivity index (χ0) is 26.5. The van der Waals surface area contributed by atoms with Gasteiger partial charge in [-0.15, -0.1) is 0 Å². The lowest BCUT2D eigenvalue weighted by Gasteiger charge is -2.41. The maximum atomic E-state index is 13.4. The minimum atomic E-state index is -4.64. The summed E-state index contributed by atoms with van der Waals surface area (Å²) in [5.41, 5.74) is -0.793. The number of hydrogen-bond acceptors (Lipinski definition) is 3. The van der Waals surface area contributed by atoms with Gasteiger partial charge in [-0.2, -0.15) is 13.2 Å². The van der Waals surface area contributed by atoms with Gasteiger partial charge in [0, 0.05) is 31.2 Å². The van der Waals surface area contributed by atoms with Crippen LogP contribution in [0.4, 0.5) is 23.7 Å². The number of urea groups is 1. The number of para-hydroxylation sites is 1. The molecule has 2 aromatic rings. The Bertz CT molecular complexity index is 1080. The molecule has 0 bridgehead atoms. The summed E-state index contributed by atoms with van der Waals surface area (Å²) >= 11 is 0. The van der Waals surface area contributed by atoms with Crippen LogP contribution in [0.25, 0.3) is 0 Å². The van der Waals surface area contributed by atoms with Crippen molar-refractivity contribution in [1.29, 1.82) is 0 Å². The Kier molecular flexibility index (Phi) is 8.60. The highest BCUT2D eigenvalue weighted by Gasteiger charge is 2.37. The summed E-state index contributed by atoms with van der Waals surface area (Å²) in [5, 5.41) is 4.82. The van der Waals surface area contributed by atoms with Crippen LogP contribution in [-0.2, 0) is 11.0 Å². The van der Waals surface area contributed by atoms with E-state index in [2.05, 4.69) is 10.6 Å². The van der Waals surface area contributed by atoms with Crippen LogP contribution in [0, 0.1) is 5.92 Å². The van der Waals surface area contributed by atoms with Crippen LogP contribution in [0.3, 0.4) is 0 Å². The average molecular weight is 505 g/mol. The van der Waals surface area contributed by atoms with Crippen LogP contribution in [0.15, 0.2) is 54.6 Å². The highest BCUT2D eigenvalue weighted by molar-refractivity contribution is 5.96. The third kappa shape index (κ3) is 6.35. The molecule has 4 amide bonds. The lowest BCUT2D eigenvalue weighted by molar-refractivity contribution is -0.137. The molecule has 0 saturated carbocycles. The number of nitrogens with one attached hydrogen (secondary N) is 2. The summed E-state index contributed by atoms with van der Waals surface area (Å²) in [6, 6.07) is 11.5. The maximum Gasteiger partial charge on any atom is 0.418 e. The first-order chi connectivity index (χ1) is 17.0. The van der Waals surface area contributed by atoms with Gasteiger partial charge in [-0.1, -0.05) is 50.6 Å². The average Bonchev–Trinajstić information content (AvgIpc) is 2.86. The largest absolute Gasteiger partial charge is 0.418 e. The number of rotatable bonds is 6.